The molecule has 0 spiro atoms. The molecular weight excluding hydrogens is 330 g/mol. The summed E-state index contributed by atoms with van der Waals surface area (Å²) in [6.45, 7) is 2.00. The first-order valence-electron chi connectivity index (χ1n) is 5.80. The first kappa shape index (κ1) is 14.1. The van der Waals surface area contributed by atoms with Gasteiger partial charge in [-0.05, 0) is 46.6 Å². The van der Waals surface area contributed by atoms with Crippen LogP contribution in [-0.4, -0.2) is 15.7 Å². The average molecular weight is 343 g/mol. The molecule has 0 aliphatic rings. The van der Waals surface area contributed by atoms with E-state index in [9.17, 15) is 4.79 Å². The summed E-state index contributed by atoms with van der Waals surface area (Å²) in [5.41, 5.74) is 2.06. The molecule has 0 unspecified atom stereocenters. The van der Waals surface area contributed by atoms with Crippen LogP contribution >= 0.6 is 27.5 Å². The van der Waals surface area contributed by atoms with Gasteiger partial charge in [-0.15, -0.1) is 0 Å². The fourth-order valence-electron chi connectivity index (χ4n) is 1.68. The Hall–Kier alpha value is -1.33. The van der Waals surface area contributed by atoms with Gasteiger partial charge in [0.05, 0.1) is 10.7 Å². The van der Waals surface area contributed by atoms with Crippen molar-refractivity contribution >= 4 is 39.1 Å². The highest BCUT2D eigenvalue weighted by Crippen LogP contribution is 2.25. The normalized spacial score (nSPS) is 10.5. The highest BCUT2D eigenvalue weighted by Gasteiger charge is 2.13. The van der Waals surface area contributed by atoms with Gasteiger partial charge in [0.2, 0.25) is 0 Å². The molecule has 1 N–H and O–H groups in total. The zero-order valence-electron chi connectivity index (χ0n) is 10.6. The van der Waals surface area contributed by atoms with Crippen LogP contribution in [0.2, 0.25) is 5.02 Å². The number of halogens is 2. The second-order valence-corrected chi connectivity index (χ2v) is 5.34. The lowest BCUT2D eigenvalue weighted by Crippen LogP contribution is -2.16. The Bertz CT molecular complexity index is 624. The van der Waals surface area contributed by atoms with Gasteiger partial charge in [0, 0.05) is 17.2 Å². The van der Waals surface area contributed by atoms with Gasteiger partial charge in [0.25, 0.3) is 5.91 Å². The monoisotopic (exact) mass is 341 g/mol. The van der Waals surface area contributed by atoms with E-state index < -0.39 is 0 Å². The number of rotatable bonds is 3. The van der Waals surface area contributed by atoms with Crippen LogP contribution < -0.4 is 5.32 Å². The highest BCUT2D eigenvalue weighted by molar-refractivity contribution is 9.10. The number of hydrogen-bond donors (Lipinski definition) is 1. The van der Waals surface area contributed by atoms with E-state index in [-0.39, 0.29) is 5.91 Å². The van der Waals surface area contributed by atoms with Crippen molar-refractivity contribution in [1.29, 1.82) is 0 Å². The summed E-state index contributed by atoms with van der Waals surface area (Å²) >= 11 is 9.29. The highest BCUT2D eigenvalue weighted by atomic mass is 79.9. The Balaban J connectivity index is 2.20. The minimum absolute atomic E-state index is 0.201. The first-order valence-corrected chi connectivity index (χ1v) is 6.97. The van der Waals surface area contributed by atoms with Crippen molar-refractivity contribution in [3.63, 3.8) is 0 Å². The van der Waals surface area contributed by atoms with E-state index in [4.69, 9.17) is 11.6 Å². The molecule has 0 aliphatic heterocycles. The van der Waals surface area contributed by atoms with Gasteiger partial charge in [-0.3, -0.25) is 9.48 Å². The molecule has 0 saturated carbocycles. The van der Waals surface area contributed by atoms with Gasteiger partial charge in [-0.1, -0.05) is 18.5 Å². The summed E-state index contributed by atoms with van der Waals surface area (Å²) in [5, 5.41) is 7.60. The molecule has 4 nitrogen and oxygen atoms in total. The van der Waals surface area contributed by atoms with Crippen molar-refractivity contribution in [2.45, 2.75) is 13.3 Å². The van der Waals surface area contributed by atoms with Gasteiger partial charge in [-0.25, -0.2) is 0 Å². The fraction of sp³-hybridized carbons (Fsp3) is 0.231. The summed E-state index contributed by atoms with van der Waals surface area (Å²) in [4.78, 5) is 12.1. The summed E-state index contributed by atoms with van der Waals surface area (Å²) < 4.78 is 2.37. The Morgan fingerprint density at radius 1 is 1.47 bits per heavy atom. The molecule has 1 amide bonds. The van der Waals surface area contributed by atoms with E-state index in [1.54, 1.807) is 36.0 Å². The van der Waals surface area contributed by atoms with Crippen LogP contribution in [0.5, 0.6) is 0 Å². The molecule has 0 fully saturated rings. The smallest absolute Gasteiger partial charge is 0.273 e. The van der Waals surface area contributed by atoms with E-state index in [1.165, 1.54) is 0 Å². The summed E-state index contributed by atoms with van der Waals surface area (Å²) in [5.74, 6) is -0.201. The number of carbonyl (C=O) groups excluding carboxylic acids is 1. The number of aryl methyl sites for hydroxylation is 2. The molecule has 100 valence electrons. The number of aromatic nitrogens is 2. The van der Waals surface area contributed by atoms with Crippen LogP contribution in [0.15, 0.2) is 28.7 Å². The number of carbonyl (C=O) groups is 1. The van der Waals surface area contributed by atoms with E-state index >= 15 is 0 Å². The molecule has 19 heavy (non-hydrogen) atoms. The third-order valence-electron chi connectivity index (χ3n) is 2.70. The predicted molar refractivity (Wildman–Crippen MR) is 79.7 cm³/mol. The molecule has 0 atom stereocenters. The zero-order valence-corrected chi connectivity index (χ0v) is 12.9. The summed E-state index contributed by atoms with van der Waals surface area (Å²) in [7, 11) is 1.75. The lowest BCUT2D eigenvalue weighted by molar-refractivity contribution is 0.101. The topological polar surface area (TPSA) is 46.9 Å². The molecule has 0 aliphatic carbocycles. The number of anilines is 1. The Kier molecular flexibility index (Phi) is 4.27. The maximum atomic E-state index is 12.1. The first-order chi connectivity index (χ1) is 9.01. The second kappa shape index (κ2) is 5.75. The Morgan fingerprint density at radius 3 is 2.79 bits per heavy atom. The summed E-state index contributed by atoms with van der Waals surface area (Å²) in [6.07, 6.45) is 0.797. The molecule has 2 aromatic rings. The standard InChI is InChI=1S/C13H13BrClN3O/c1-3-8-7-12(18(2)17-8)13(19)16-9-4-5-10(14)11(15)6-9/h4-7H,3H2,1-2H3,(H,16,19). The van der Waals surface area contributed by atoms with Gasteiger partial charge >= 0.3 is 0 Å². The molecule has 0 bridgehead atoms. The van der Waals surface area contributed by atoms with Crippen molar-refractivity contribution in [2.24, 2.45) is 7.05 Å². The van der Waals surface area contributed by atoms with E-state index in [0.29, 0.717) is 16.4 Å². The van der Waals surface area contributed by atoms with E-state index in [2.05, 4.69) is 26.3 Å². The van der Waals surface area contributed by atoms with Crippen molar-refractivity contribution < 1.29 is 4.79 Å². The van der Waals surface area contributed by atoms with Crippen molar-refractivity contribution in [2.75, 3.05) is 5.32 Å². The maximum Gasteiger partial charge on any atom is 0.273 e. The van der Waals surface area contributed by atoms with Crippen molar-refractivity contribution in [3.8, 4) is 0 Å². The van der Waals surface area contributed by atoms with Gasteiger partial charge in [0.15, 0.2) is 0 Å². The lowest BCUT2D eigenvalue weighted by atomic mass is 10.2. The molecule has 0 saturated heterocycles. The van der Waals surface area contributed by atoms with E-state index in [1.807, 2.05) is 6.92 Å². The molecule has 2 rings (SSSR count). The number of nitrogens with zero attached hydrogens (tertiary/aromatic N) is 2. The molecule has 1 aromatic carbocycles. The van der Waals surface area contributed by atoms with Crippen LogP contribution in [0.4, 0.5) is 5.69 Å². The van der Waals surface area contributed by atoms with Crippen LogP contribution in [0.25, 0.3) is 0 Å². The zero-order chi connectivity index (χ0) is 14.0. The molecule has 1 aromatic heterocycles. The lowest BCUT2D eigenvalue weighted by Gasteiger charge is -2.06. The molecule has 0 radical (unpaired) electrons. The summed E-state index contributed by atoms with van der Waals surface area (Å²) in [6, 6.07) is 7.06. The quantitative estimate of drug-likeness (QED) is 0.925. The SMILES string of the molecule is CCc1cc(C(=O)Nc2ccc(Br)c(Cl)c2)n(C)n1. The van der Waals surface area contributed by atoms with Crippen LogP contribution in [0, 0.1) is 0 Å². The molecular formula is C13H13BrClN3O. The van der Waals surface area contributed by atoms with Crippen molar-refractivity contribution in [3.05, 3.63) is 45.1 Å². The second-order valence-electron chi connectivity index (χ2n) is 4.08. The number of benzene rings is 1. The minimum Gasteiger partial charge on any atom is -0.321 e. The van der Waals surface area contributed by atoms with Gasteiger partial charge < -0.3 is 5.32 Å². The van der Waals surface area contributed by atoms with Gasteiger partial charge in [0.1, 0.15) is 5.69 Å². The van der Waals surface area contributed by atoms with Crippen molar-refractivity contribution in [1.82, 2.24) is 9.78 Å². The minimum atomic E-state index is -0.201. The van der Waals surface area contributed by atoms with E-state index in [0.717, 1.165) is 16.6 Å². The average Bonchev–Trinajstić information content (AvgIpc) is 2.75. The predicted octanol–water partition coefficient (Wildman–Crippen LogP) is 3.65. The fourth-order valence-corrected chi connectivity index (χ4v) is 2.11. The number of nitrogens with one attached hydrogen (secondary N) is 1. The molecule has 6 heteroatoms. The molecule has 1 heterocycles. The third-order valence-corrected chi connectivity index (χ3v) is 3.94. The van der Waals surface area contributed by atoms with Crippen LogP contribution in [0.3, 0.4) is 0 Å². The van der Waals surface area contributed by atoms with Gasteiger partial charge in [-0.2, -0.15) is 5.10 Å². The van der Waals surface area contributed by atoms with Crippen LogP contribution in [0.1, 0.15) is 23.1 Å². The maximum absolute atomic E-state index is 12.1. The largest absolute Gasteiger partial charge is 0.321 e. The number of hydrogen-bond acceptors (Lipinski definition) is 2. The van der Waals surface area contributed by atoms with Crippen LogP contribution in [-0.2, 0) is 13.5 Å². The Labute approximate surface area is 124 Å². The Morgan fingerprint density at radius 2 is 2.21 bits per heavy atom. The third kappa shape index (κ3) is 3.16. The number of amides is 1.